The molecule has 0 aliphatic carbocycles. The van der Waals surface area contributed by atoms with Crippen molar-refractivity contribution in [3.05, 3.63) is 47.5 Å². The lowest BCUT2D eigenvalue weighted by atomic mass is 9.97. The Kier molecular flexibility index (Phi) is 3.80. The van der Waals surface area contributed by atoms with Crippen molar-refractivity contribution >= 4 is 0 Å². The lowest BCUT2D eigenvalue weighted by molar-refractivity contribution is 0.134. The van der Waals surface area contributed by atoms with Crippen molar-refractivity contribution in [3.63, 3.8) is 0 Å². The summed E-state index contributed by atoms with van der Waals surface area (Å²) in [6, 6.07) is 4.15. The minimum atomic E-state index is 0.354. The molecule has 0 saturated heterocycles. The number of aryl methyl sites for hydroxylation is 1. The Balaban J connectivity index is 1.79. The number of aromatic nitrogens is 3. The zero-order valence-corrected chi connectivity index (χ0v) is 12.0. The van der Waals surface area contributed by atoms with Gasteiger partial charge in [0.1, 0.15) is 0 Å². The number of methoxy groups -OCH3 is 1. The van der Waals surface area contributed by atoms with Gasteiger partial charge in [-0.1, -0.05) is 0 Å². The predicted molar refractivity (Wildman–Crippen MR) is 76.2 cm³/mol. The largest absolute Gasteiger partial charge is 0.384 e. The molecule has 0 saturated carbocycles. The third-order valence-corrected chi connectivity index (χ3v) is 3.72. The van der Waals surface area contributed by atoms with E-state index in [1.54, 1.807) is 7.11 Å². The summed E-state index contributed by atoms with van der Waals surface area (Å²) < 4.78 is 7.27. The maximum atomic E-state index is 5.36. The molecule has 0 aromatic carbocycles. The zero-order chi connectivity index (χ0) is 13.9. The monoisotopic (exact) mass is 272 g/mol. The van der Waals surface area contributed by atoms with E-state index in [0.717, 1.165) is 26.2 Å². The van der Waals surface area contributed by atoms with Crippen molar-refractivity contribution in [2.75, 3.05) is 20.3 Å². The molecule has 3 rings (SSSR count). The molecule has 1 aliphatic heterocycles. The minimum Gasteiger partial charge on any atom is -0.384 e. The number of rotatable bonds is 4. The Morgan fingerprint density at radius 2 is 2.15 bits per heavy atom. The van der Waals surface area contributed by atoms with E-state index in [1.807, 2.05) is 24.1 Å². The van der Waals surface area contributed by atoms with E-state index in [4.69, 9.17) is 4.74 Å². The molecule has 2 aromatic rings. The highest BCUT2D eigenvalue weighted by atomic mass is 16.5. The molecule has 2 aromatic heterocycles. The van der Waals surface area contributed by atoms with Crippen molar-refractivity contribution in [1.29, 1.82) is 0 Å². The van der Waals surface area contributed by atoms with Crippen LogP contribution in [-0.4, -0.2) is 39.9 Å². The Morgan fingerprint density at radius 1 is 1.35 bits per heavy atom. The van der Waals surface area contributed by atoms with E-state index in [9.17, 15) is 0 Å². The summed E-state index contributed by atoms with van der Waals surface area (Å²) >= 11 is 0. The second-order valence-corrected chi connectivity index (χ2v) is 5.39. The number of hydrogen-bond acceptors (Lipinski definition) is 4. The van der Waals surface area contributed by atoms with Crippen LogP contribution in [0.5, 0.6) is 0 Å². The molecular weight excluding hydrogens is 252 g/mol. The molecule has 0 bridgehead atoms. The number of ether oxygens (including phenoxy) is 1. The molecule has 1 atom stereocenters. The van der Waals surface area contributed by atoms with Crippen LogP contribution in [0.4, 0.5) is 0 Å². The van der Waals surface area contributed by atoms with Crippen LogP contribution in [0.2, 0.25) is 0 Å². The number of hydrogen-bond donors (Lipinski definition) is 0. The topological polar surface area (TPSA) is 43.2 Å². The molecular formula is C15H20N4O. The van der Waals surface area contributed by atoms with Gasteiger partial charge in [-0.15, -0.1) is 0 Å². The first-order valence-corrected chi connectivity index (χ1v) is 6.89. The normalized spacial score (nSPS) is 19.0. The molecule has 5 heteroatoms. The highest BCUT2D eigenvalue weighted by Gasteiger charge is 2.28. The van der Waals surface area contributed by atoms with Gasteiger partial charge in [-0.3, -0.25) is 14.6 Å². The Labute approximate surface area is 119 Å². The van der Waals surface area contributed by atoms with Gasteiger partial charge < -0.3 is 4.74 Å². The third-order valence-electron chi connectivity index (χ3n) is 3.72. The molecule has 0 unspecified atom stereocenters. The smallest absolute Gasteiger partial charge is 0.0736 e. The Hall–Kier alpha value is -1.72. The van der Waals surface area contributed by atoms with Gasteiger partial charge in [-0.25, -0.2) is 0 Å². The summed E-state index contributed by atoms with van der Waals surface area (Å²) in [5, 5.41) is 4.59. The fraction of sp³-hybridized carbons (Fsp3) is 0.467. The molecule has 0 amide bonds. The summed E-state index contributed by atoms with van der Waals surface area (Å²) in [6.45, 7) is 3.60. The fourth-order valence-electron chi connectivity index (χ4n) is 2.92. The van der Waals surface area contributed by atoms with Gasteiger partial charge in [0, 0.05) is 63.9 Å². The average molecular weight is 272 g/mol. The highest BCUT2D eigenvalue weighted by molar-refractivity contribution is 5.25. The van der Waals surface area contributed by atoms with Gasteiger partial charge >= 0.3 is 0 Å². The minimum absolute atomic E-state index is 0.354. The summed E-state index contributed by atoms with van der Waals surface area (Å²) in [5.41, 5.74) is 3.80. The van der Waals surface area contributed by atoms with E-state index in [0.29, 0.717) is 5.92 Å². The molecule has 0 fully saturated rings. The zero-order valence-electron chi connectivity index (χ0n) is 12.0. The van der Waals surface area contributed by atoms with E-state index >= 15 is 0 Å². The van der Waals surface area contributed by atoms with Crippen molar-refractivity contribution < 1.29 is 4.74 Å². The molecule has 20 heavy (non-hydrogen) atoms. The van der Waals surface area contributed by atoms with Crippen molar-refractivity contribution in [2.45, 2.75) is 19.0 Å². The Bertz CT molecular complexity index is 567. The van der Waals surface area contributed by atoms with E-state index in [1.165, 1.54) is 16.8 Å². The van der Waals surface area contributed by atoms with Gasteiger partial charge in [-0.2, -0.15) is 5.10 Å². The summed E-state index contributed by atoms with van der Waals surface area (Å²) in [7, 11) is 3.74. The van der Waals surface area contributed by atoms with Crippen LogP contribution in [0.25, 0.3) is 0 Å². The molecule has 106 valence electrons. The van der Waals surface area contributed by atoms with Crippen LogP contribution >= 0.6 is 0 Å². The standard InChI is InChI=1S/C15H20N4O/c1-18-8-13-9-19(7-12-3-5-16-6-4-12)10-14(11-20-2)15(13)17-18/h3-6,8,14H,7,9-11H2,1-2H3/t14-/m1/s1. The molecule has 3 heterocycles. The SMILES string of the molecule is COC[C@H]1CN(Cc2ccncc2)Cc2cn(C)nc21. The van der Waals surface area contributed by atoms with Gasteiger partial charge in [0.2, 0.25) is 0 Å². The maximum absolute atomic E-state index is 5.36. The van der Waals surface area contributed by atoms with Crippen molar-refractivity contribution in [2.24, 2.45) is 7.05 Å². The lowest BCUT2D eigenvalue weighted by Gasteiger charge is -2.31. The first-order chi connectivity index (χ1) is 9.76. The number of nitrogens with zero attached hydrogens (tertiary/aromatic N) is 4. The summed E-state index contributed by atoms with van der Waals surface area (Å²) in [4.78, 5) is 6.52. The molecule has 5 nitrogen and oxygen atoms in total. The summed E-state index contributed by atoms with van der Waals surface area (Å²) in [6.07, 6.45) is 5.82. The van der Waals surface area contributed by atoms with Crippen LogP contribution in [0.1, 0.15) is 22.7 Å². The molecule has 0 spiro atoms. The highest BCUT2D eigenvalue weighted by Crippen LogP contribution is 2.28. The van der Waals surface area contributed by atoms with Crippen LogP contribution in [0.15, 0.2) is 30.7 Å². The van der Waals surface area contributed by atoms with Gasteiger partial charge in [0.05, 0.1) is 12.3 Å². The Morgan fingerprint density at radius 3 is 2.90 bits per heavy atom. The fourth-order valence-corrected chi connectivity index (χ4v) is 2.92. The second-order valence-electron chi connectivity index (χ2n) is 5.39. The number of fused-ring (bicyclic) bond motifs is 1. The summed E-state index contributed by atoms with van der Waals surface area (Å²) in [5.74, 6) is 0.354. The van der Waals surface area contributed by atoms with Gasteiger partial charge in [-0.05, 0) is 17.7 Å². The molecule has 0 N–H and O–H groups in total. The second kappa shape index (κ2) is 5.73. The molecule has 0 radical (unpaired) electrons. The van der Waals surface area contributed by atoms with Crippen LogP contribution < -0.4 is 0 Å². The van der Waals surface area contributed by atoms with E-state index in [2.05, 4.69) is 33.3 Å². The van der Waals surface area contributed by atoms with Crippen molar-refractivity contribution in [1.82, 2.24) is 19.7 Å². The van der Waals surface area contributed by atoms with E-state index in [-0.39, 0.29) is 0 Å². The van der Waals surface area contributed by atoms with Gasteiger partial charge in [0.25, 0.3) is 0 Å². The lowest BCUT2D eigenvalue weighted by Crippen LogP contribution is -2.34. The first-order valence-electron chi connectivity index (χ1n) is 6.89. The maximum Gasteiger partial charge on any atom is 0.0736 e. The van der Waals surface area contributed by atoms with Crippen molar-refractivity contribution in [3.8, 4) is 0 Å². The van der Waals surface area contributed by atoms with Gasteiger partial charge in [0.15, 0.2) is 0 Å². The number of pyridine rings is 1. The predicted octanol–water partition coefficient (Wildman–Crippen LogP) is 1.56. The van der Waals surface area contributed by atoms with E-state index < -0.39 is 0 Å². The van der Waals surface area contributed by atoms with Crippen LogP contribution in [-0.2, 0) is 24.9 Å². The van der Waals surface area contributed by atoms with Crippen LogP contribution in [0, 0.1) is 0 Å². The quantitative estimate of drug-likeness (QED) is 0.847. The first kappa shape index (κ1) is 13.3. The van der Waals surface area contributed by atoms with Crippen LogP contribution in [0.3, 0.4) is 0 Å². The average Bonchev–Trinajstić information content (AvgIpc) is 2.81. The third kappa shape index (κ3) is 2.73. The molecule has 1 aliphatic rings.